The standard InChI is InChI=1S/C24H27FN4O/c1-15-7-8-19(13-21(15)25)28-24(30)20-14-27-29(22-16(2)5-4-6-17(22)3)23(20)18-9-11-26-12-10-18/h4-8,13-14,18,26H,9-12H2,1-3H3,(H,28,30). The maximum absolute atomic E-state index is 13.9. The highest BCUT2D eigenvalue weighted by Gasteiger charge is 2.28. The van der Waals surface area contributed by atoms with Crippen molar-refractivity contribution >= 4 is 11.6 Å². The number of hydrogen-bond donors (Lipinski definition) is 2. The van der Waals surface area contributed by atoms with Crippen molar-refractivity contribution in [2.45, 2.75) is 39.5 Å². The normalized spacial score (nSPS) is 14.7. The number of piperidine rings is 1. The Morgan fingerprint density at radius 2 is 1.80 bits per heavy atom. The first-order chi connectivity index (χ1) is 14.5. The SMILES string of the molecule is Cc1ccc(NC(=O)c2cnn(-c3c(C)cccc3C)c2C2CCNCC2)cc1F. The Kier molecular flexibility index (Phi) is 5.68. The van der Waals surface area contributed by atoms with E-state index in [1.54, 1.807) is 25.3 Å². The molecule has 5 nitrogen and oxygen atoms in total. The van der Waals surface area contributed by atoms with Crippen molar-refractivity contribution in [2.24, 2.45) is 0 Å². The summed E-state index contributed by atoms with van der Waals surface area (Å²) < 4.78 is 15.9. The van der Waals surface area contributed by atoms with Gasteiger partial charge in [-0.05, 0) is 75.5 Å². The maximum Gasteiger partial charge on any atom is 0.259 e. The summed E-state index contributed by atoms with van der Waals surface area (Å²) in [5.41, 5.74) is 5.71. The van der Waals surface area contributed by atoms with Gasteiger partial charge in [0.1, 0.15) is 5.82 Å². The number of nitrogens with zero attached hydrogens (tertiary/aromatic N) is 2. The zero-order valence-corrected chi connectivity index (χ0v) is 17.6. The smallest absolute Gasteiger partial charge is 0.259 e. The van der Waals surface area contributed by atoms with Gasteiger partial charge in [-0.25, -0.2) is 9.07 Å². The summed E-state index contributed by atoms with van der Waals surface area (Å²) in [4.78, 5) is 13.2. The first kappa shape index (κ1) is 20.3. The van der Waals surface area contributed by atoms with Gasteiger partial charge in [0.25, 0.3) is 5.91 Å². The molecule has 156 valence electrons. The predicted octanol–water partition coefficient (Wildman–Crippen LogP) is 4.66. The number of anilines is 1. The lowest BCUT2D eigenvalue weighted by Crippen LogP contribution is -2.29. The van der Waals surface area contributed by atoms with E-state index in [1.807, 2.05) is 10.7 Å². The Bertz CT molecular complexity index is 1060. The number of amides is 1. The Labute approximate surface area is 176 Å². The van der Waals surface area contributed by atoms with Gasteiger partial charge in [0, 0.05) is 11.6 Å². The highest BCUT2D eigenvalue weighted by Crippen LogP contribution is 2.32. The molecule has 30 heavy (non-hydrogen) atoms. The van der Waals surface area contributed by atoms with Crippen LogP contribution in [0.1, 0.15) is 51.5 Å². The van der Waals surface area contributed by atoms with E-state index in [9.17, 15) is 9.18 Å². The molecule has 0 spiro atoms. The lowest BCUT2D eigenvalue weighted by Gasteiger charge is -2.25. The molecule has 4 rings (SSSR count). The molecule has 1 amide bonds. The Hall–Kier alpha value is -2.99. The van der Waals surface area contributed by atoms with Crippen molar-refractivity contribution in [1.82, 2.24) is 15.1 Å². The second kappa shape index (κ2) is 8.40. The van der Waals surface area contributed by atoms with E-state index in [-0.39, 0.29) is 17.6 Å². The fraction of sp³-hybridized carbons (Fsp3) is 0.333. The van der Waals surface area contributed by atoms with E-state index >= 15 is 0 Å². The van der Waals surface area contributed by atoms with Gasteiger partial charge in [-0.3, -0.25) is 4.79 Å². The number of halogens is 1. The van der Waals surface area contributed by atoms with Crippen LogP contribution in [0.15, 0.2) is 42.6 Å². The number of nitrogens with one attached hydrogen (secondary N) is 2. The molecule has 2 N–H and O–H groups in total. The third-order valence-electron chi connectivity index (χ3n) is 5.86. The quantitative estimate of drug-likeness (QED) is 0.663. The summed E-state index contributed by atoms with van der Waals surface area (Å²) in [6.45, 7) is 7.64. The second-order valence-electron chi connectivity index (χ2n) is 8.04. The zero-order valence-electron chi connectivity index (χ0n) is 17.6. The molecule has 3 aromatic rings. The first-order valence-corrected chi connectivity index (χ1v) is 10.4. The maximum atomic E-state index is 13.9. The van der Waals surface area contributed by atoms with Crippen LogP contribution in [0.4, 0.5) is 10.1 Å². The van der Waals surface area contributed by atoms with E-state index in [1.165, 1.54) is 6.07 Å². The van der Waals surface area contributed by atoms with Crippen LogP contribution in [0.5, 0.6) is 0 Å². The number of aryl methyl sites for hydroxylation is 3. The van der Waals surface area contributed by atoms with Crippen molar-refractivity contribution in [3.8, 4) is 5.69 Å². The van der Waals surface area contributed by atoms with E-state index in [2.05, 4.69) is 41.7 Å². The highest BCUT2D eigenvalue weighted by atomic mass is 19.1. The number of benzene rings is 2. The van der Waals surface area contributed by atoms with Gasteiger partial charge in [-0.15, -0.1) is 0 Å². The fourth-order valence-electron chi connectivity index (χ4n) is 4.21. The number of hydrogen-bond acceptors (Lipinski definition) is 3. The fourth-order valence-corrected chi connectivity index (χ4v) is 4.21. The zero-order chi connectivity index (χ0) is 21.3. The van der Waals surface area contributed by atoms with Gasteiger partial charge in [-0.2, -0.15) is 5.10 Å². The van der Waals surface area contributed by atoms with Gasteiger partial charge >= 0.3 is 0 Å². The number of para-hydroxylation sites is 1. The van der Waals surface area contributed by atoms with Crippen LogP contribution in [0, 0.1) is 26.6 Å². The number of rotatable bonds is 4. The molecule has 2 aromatic carbocycles. The number of carbonyl (C=O) groups is 1. The summed E-state index contributed by atoms with van der Waals surface area (Å²) in [6.07, 6.45) is 3.52. The average Bonchev–Trinajstić information content (AvgIpc) is 3.16. The van der Waals surface area contributed by atoms with Crippen LogP contribution in [-0.4, -0.2) is 28.8 Å². The van der Waals surface area contributed by atoms with Crippen molar-refractivity contribution in [3.05, 3.63) is 76.4 Å². The molecule has 0 radical (unpaired) electrons. The number of aromatic nitrogens is 2. The molecule has 6 heteroatoms. The van der Waals surface area contributed by atoms with Crippen LogP contribution >= 0.6 is 0 Å². The lowest BCUT2D eigenvalue weighted by atomic mass is 9.91. The van der Waals surface area contributed by atoms with Crippen molar-refractivity contribution in [3.63, 3.8) is 0 Å². The Morgan fingerprint density at radius 1 is 1.10 bits per heavy atom. The van der Waals surface area contributed by atoms with E-state index < -0.39 is 0 Å². The molecule has 0 bridgehead atoms. The van der Waals surface area contributed by atoms with E-state index in [0.29, 0.717) is 16.8 Å². The molecular formula is C24H27FN4O. The summed E-state index contributed by atoms with van der Waals surface area (Å²) in [5, 5.41) is 10.9. The second-order valence-corrected chi connectivity index (χ2v) is 8.04. The van der Waals surface area contributed by atoms with Gasteiger partial charge in [0.05, 0.1) is 23.1 Å². The molecule has 1 aliphatic heterocycles. The Balaban J connectivity index is 1.76. The summed E-state index contributed by atoms with van der Waals surface area (Å²) in [6, 6.07) is 10.9. The average molecular weight is 407 g/mol. The van der Waals surface area contributed by atoms with Crippen LogP contribution in [0.3, 0.4) is 0 Å². The summed E-state index contributed by atoms with van der Waals surface area (Å²) in [5.74, 6) is -0.370. The molecule has 0 saturated carbocycles. The molecule has 1 aliphatic rings. The van der Waals surface area contributed by atoms with Crippen LogP contribution < -0.4 is 10.6 Å². The van der Waals surface area contributed by atoms with Crippen LogP contribution in [0.2, 0.25) is 0 Å². The molecule has 2 heterocycles. The molecule has 1 fully saturated rings. The molecule has 0 aliphatic carbocycles. The topological polar surface area (TPSA) is 59.0 Å². The van der Waals surface area contributed by atoms with Gasteiger partial charge < -0.3 is 10.6 Å². The first-order valence-electron chi connectivity index (χ1n) is 10.4. The van der Waals surface area contributed by atoms with Gasteiger partial charge in [0.2, 0.25) is 0 Å². The largest absolute Gasteiger partial charge is 0.322 e. The summed E-state index contributed by atoms with van der Waals surface area (Å²) >= 11 is 0. The third-order valence-corrected chi connectivity index (χ3v) is 5.86. The molecule has 0 unspecified atom stereocenters. The molecule has 0 atom stereocenters. The van der Waals surface area contributed by atoms with E-state index in [0.717, 1.165) is 48.4 Å². The van der Waals surface area contributed by atoms with Crippen LogP contribution in [-0.2, 0) is 0 Å². The van der Waals surface area contributed by atoms with Crippen molar-refractivity contribution < 1.29 is 9.18 Å². The minimum Gasteiger partial charge on any atom is -0.322 e. The predicted molar refractivity (Wildman–Crippen MR) is 117 cm³/mol. The van der Waals surface area contributed by atoms with Gasteiger partial charge in [0.15, 0.2) is 0 Å². The minimum absolute atomic E-state index is 0.225. The third kappa shape index (κ3) is 3.87. The van der Waals surface area contributed by atoms with Crippen LogP contribution in [0.25, 0.3) is 5.69 Å². The Morgan fingerprint density at radius 3 is 2.47 bits per heavy atom. The van der Waals surface area contributed by atoms with Gasteiger partial charge in [-0.1, -0.05) is 24.3 Å². The molecule has 1 aromatic heterocycles. The van der Waals surface area contributed by atoms with Crippen molar-refractivity contribution in [2.75, 3.05) is 18.4 Å². The molecule has 1 saturated heterocycles. The summed E-state index contributed by atoms with van der Waals surface area (Å²) in [7, 11) is 0. The monoisotopic (exact) mass is 406 g/mol. The number of carbonyl (C=O) groups excluding carboxylic acids is 1. The highest BCUT2D eigenvalue weighted by molar-refractivity contribution is 6.05. The molecular weight excluding hydrogens is 379 g/mol. The lowest BCUT2D eigenvalue weighted by molar-refractivity contribution is 0.102. The van der Waals surface area contributed by atoms with Crippen molar-refractivity contribution in [1.29, 1.82) is 0 Å². The van der Waals surface area contributed by atoms with E-state index in [4.69, 9.17) is 0 Å². The minimum atomic E-state index is -0.336.